The van der Waals surface area contributed by atoms with E-state index in [2.05, 4.69) is 24.1 Å². The van der Waals surface area contributed by atoms with Crippen molar-refractivity contribution in [3.8, 4) is 0 Å². The van der Waals surface area contributed by atoms with Gasteiger partial charge in [-0.25, -0.2) is 0 Å². The van der Waals surface area contributed by atoms with Crippen LogP contribution in [0.3, 0.4) is 0 Å². The van der Waals surface area contributed by atoms with Gasteiger partial charge in [-0.3, -0.25) is 10.1 Å². The van der Waals surface area contributed by atoms with Crippen LogP contribution in [-0.2, 0) is 0 Å². The van der Waals surface area contributed by atoms with Gasteiger partial charge in [0.15, 0.2) is 0 Å². The molecule has 0 aliphatic rings. The van der Waals surface area contributed by atoms with Crippen molar-refractivity contribution in [1.82, 2.24) is 4.90 Å². The van der Waals surface area contributed by atoms with Gasteiger partial charge in [0, 0.05) is 24.8 Å². The Hall–Kier alpha value is -1.33. The number of nitrogens with one attached hydrogen (secondary N) is 1. The van der Waals surface area contributed by atoms with Crippen LogP contribution < -0.4 is 5.32 Å². The number of nitro groups is 1. The quantitative estimate of drug-likeness (QED) is 0.617. The van der Waals surface area contributed by atoms with Crippen LogP contribution in [0, 0.1) is 17.0 Å². The zero-order valence-corrected chi connectivity index (χ0v) is 12.3. The van der Waals surface area contributed by atoms with Gasteiger partial charge in [0.2, 0.25) is 0 Å². The molecule has 5 nitrogen and oxygen atoms in total. The van der Waals surface area contributed by atoms with E-state index in [4.69, 9.17) is 11.6 Å². The van der Waals surface area contributed by atoms with E-state index in [0.29, 0.717) is 0 Å². The van der Waals surface area contributed by atoms with Gasteiger partial charge in [-0.15, -0.1) is 0 Å². The Balaban J connectivity index is 2.69. The molecule has 0 unspecified atom stereocenters. The fourth-order valence-corrected chi connectivity index (χ4v) is 2.12. The predicted molar refractivity (Wildman–Crippen MR) is 79.1 cm³/mol. The van der Waals surface area contributed by atoms with E-state index in [1.807, 2.05) is 6.92 Å². The molecule has 0 atom stereocenters. The lowest BCUT2D eigenvalue weighted by molar-refractivity contribution is -0.384. The van der Waals surface area contributed by atoms with Gasteiger partial charge in [-0.1, -0.05) is 25.4 Å². The first-order valence-corrected chi connectivity index (χ1v) is 6.78. The van der Waals surface area contributed by atoms with E-state index >= 15 is 0 Å². The minimum atomic E-state index is -0.463. The highest BCUT2D eigenvalue weighted by molar-refractivity contribution is 6.33. The third-order valence-corrected chi connectivity index (χ3v) is 3.43. The van der Waals surface area contributed by atoms with Crippen LogP contribution >= 0.6 is 11.6 Å². The molecule has 0 amide bonds. The molecule has 0 saturated carbocycles. The molecule has 0 heterocycles. The molecule has 19 heavy (non-hydrogen) atoms. The van der Waals surface area contributed by atoms with Crippen molar-refractivity contribution in [1.29, 1.82) is 0 Å². The minimum Gasteiger partial charge on any atom is -0.383 e. The standard InChI is InChI=1S/C13H20ClN3O2/c1-4-16(5-2)7-6-15-12-9-11(14)13(17(18)19)8-10(12)3/h8-9,15H,4-7H2,1-3H3. The molecule has 0 aliphatic heterocycles. The summed E-state index contributed by atoms with van der Waals surface area (Å²) in [6.45, 7) is 9.83. The second kappa shape index (κ2) is 7.31. The number of hydrogen-bond donors (Lipinski definition) is 1. The summed E-state index contributed by atoms with van der Waals surface area (Å²) in [7, 11) is 0. The van der Waals surface area contributed by atoms with Gasteiger partial charge >= 0.3 is 0 Å². The van der Waals surface area contributed by atoms with Crippen LogP contribution in [0.15, 0.2) is 12.1 Å². The number of benzene rings is 1. The highest BCUT2D eigenvalue weighted by Crippen LogP contribution is 2.30. The summed E-state index contributed by atoms with van der Waals surface area (Å²) in [5.41, 5.74) is 1.63. The molecule has 0 saturated heterocycles. The SMILES string of the molecule is CCN(CC)CCNc1cc(Cl)c([N+](=O)[O-])cc1C. The van der Waals surface area contributed by atoms with Gasteiger partial charge in [-0.2, -0.15) is 0 Å². The van der Waals surface area contributed by atoms with Gasteiger partial charge < -0.3 is 10.2 Å². The van der Waals surface area contributed by atoms with Crippen molar-refractivity contribution in [3.05, 3.63) is 32.8 Å². The number of anilines is 1. The lowest BCUT2D eigenvalue weighted by Gasteiger charge is -2.19. The summed E-state index contributed by atoms with van der Waals surface area (Å²) in [5, 5.41) is 14.2. The van der Waals surface area contributed by atoms with E-state index in [9.17, 15) is 10.1 Å². The first kappa shape index (κ1) is 15.7. The number of rotatable bonds is 7. The number of halogens is 1. The van der Waals surface area contributed by atoms with Crippen LogP contribution in [0.5, 0.6) is 0 Å². The minimum absolute atomic E-state index is 0.0477. The van der Waals surface area contributed by atoms with Crippen molar-refractivity contribution in [2.75, 3.05) is 31.5 Å². The van der Waals surface area contributed by atoms with E-state index in [1.54, 1.807) is 6.07 Å². The maximum Gasteiger partial charge on any atom is 0.288 e. The Bertz CT molecular complexity index is 448. The van der Waals surface area contributed by atoms with Crippen LogP contribution in [0.2, 0.25) is 5.02 Å². The molecule has 106 valence electrons. The zero-order valence-electron chi connectivity index (χ0n) is 11.6. The average Bonchev–Trinajstić information content (AvgIpc) is 2.37. The Morgan fingerprint density at radius 3 is 2.53 bits per heavy atom. The van der Waals surface area contributed by atoms with E-state index in [-0.39, 0.29) is 10.7 Å². The number of aryl methyl sites for hydroxylation is 1. The predicted octanol–water partition coefficient (Wildman–Crippen LogP) is 3.31. The maximum atomic E-state index is 10.8. The normalized spacial score (nSPS) is 10.8. The number of likely N-dealkylation sites (N-methyl/N-ethyl adjacent to an activating group) is 1. The maximum absolute atomic E-state index is 10.8. The van der Waals surface area contributed by atoms with Gasteiger partial charge in [0.1, 0.15) is 5.02 Å². The molecule has 0 radical (unpaired) electrons. The van der Waals surface area contributed by atoms with E-state index in [1.165, 1.54) is 6.07 Å². The van der Waals surface area contributed by atoms with Crippen molar-refractivity contribution >= 4 is 23.0 Å². The third kappa shape index (κ3) is 4.36. The fraction of sp³-hybridized carbons (Fsp3) is 0.538. The van der Waals surface area contributed by atoms with Gasteiger partial charge in [0.25, 0.3) is 5.69 Å². The van der Waals surface area contributed by atoms with Gasteiger partial charge in [0.05, 0.1) is 4.92 Å². The van der Waals surface area contributed by atoms with Crippen LogP contribution in [0.4, 0.5) is 11.4 Å². The summed E-state index contributed by atoms with van der Waals surface area (Å²) in [5.74, 6) is 0. The average molecular weight is 286 g/mol. The molecule has 6 heteroatoms. The number of nitrogens with zero attached hydrogens (tertiary/aromatic N) is 2. The Morgan fingerprint density at radius 2 is 2.00 bits per heavy atom. The molecular formula is C13H20ClN3O2. The number of nitro benzene ring substituents is 1. The second-order valence-corrected chi connectivity index (χ2v) is 4.74. The molecule has 1 aromatic rings. The number of hydrogen-bond acceptors (Lipinski definition) is 4. The Kier molecular flexibility index (Phi) is 6.05. The summed E-state index contributed by atoms with van der Waals surface area (Å²) < 4.78 is 0. The molecule has 1 rings (SSSR count). The lowest BCUT2D eigenvalue weighted by atomic mass is 10.2. The molecule has 0 aliphatic carbocycles. The zero-order chi connectivity index (χ0) is 14.4. The topological polar surface area (TPSA) is 58.4 Å². The first-order valence-electron chi connectivity index (χ1n) is 6.40. The monoisotopic (exact) mass is 285 g/mol. The molecule has 1 aromatic carbocycles. The lowest BCUT2D eigenvalue weighted by Crippen LogP contribution is -2.28. The largest absolute Gasteiger partial charge is 0.383 e. The van der Waals surface area contributed by atoms with Crippen molar-refractivity contribution < 1.29 is 4.92 Å². The third-order valence-electron chi connectivity index (χ3n) is 3.13. The van der Waals surface area contributed by atoms with Crippen LogP contribution in [0.1, 0.15) is 19.4 Å². The Labute approximate surface area is 118 Å². The second-order valence-electron chi connectivity index (χ2n) is 4.33. The van der Waals surface area contributed by atoms with E-state index in [0.717, 1.165) is 37.4 Å². The van der Waals surface area contributed by atoms with Gasteiger partial charge in [-0.05, 0) is 31.6 Å². The summed E-state index contributed by atoms with van der Waals surface area (Å²) in [6, 6.07) is 3.12. The molecule has 0 aromatic heterocycles. The van der Waals surface area contributed by atoms with Crippen LogP contribution in [0.25, 0.3) is 0 Å². The Morgan fingerprint density at radius 1 is 1.37 bits per heavy atom. The molecular weight excluding hydrogens is 266 g/mol. The van der Waals surface area contributed by atoms with Crippen LogP contribution in [-0.4, -0.2) is 36.0 Å². The summed E-state index contributed by atoms with van der Waals surface area (Å²) in [6.07, 6.45) is 0. The molecule has 0 spiro atoms. The molecule has 1 N–H and O–H groups in total. The fourth-order valence-electron chi connectivity index (χ4n) is 1.89. The summed E-state index contributed by atoms with van der Waals surface area (Å²) in [4.78, 5) is 12.6. The smallest absolute Gasteiger partial charge is 0.288 e. The molecule has 0 fully saturated rings. The highest BCUT2D eigenvalue weighted by Gasteiger charge is 2.14. The van der Waals surface area contributed by atoms with Crippen molar-refractivity contribution in [3.63, 3.8) is 0 Å². The molecule has 0 bridgehead atoms. The highest BCUT2D eigenvalue weighted by atomic mass is 35.5. The first-order chi connectivity index (χ1) is 8.99. The summed E-state index contributed by atoms with van der Waals surface area (Å²) >= 11 is 5.90. The van der Waals surface area contributed by atoms with Crippen molar-refractivity contribution in [2.24, 2.45) is 0 Å². The van der Waals surface area contributed by atoms with E-state index < -0.39 is 4.92 Å². The van der Waals surface area contributed by atoms with Crippen molar-refractivity contribution in [2.45, 2.75) is 20.8 Å².